The highest BCUT2D eigenvalue weighted by molar-refractivity contribution is 7.10. The molecule has 0 spiro atoms. The van der Waals surface area contributed by atoms with Crippen LogP contribution in [-0.4, -0.2) is 23.1 Å². The molecule has 0 fully saturated rings. The van der Waals surface area contributed by atoms with Crippen molar-refractivity contribution in [1.29, 1.82) is 0 Å². The molecule has 19 heavy (non-hydrogen) atoms. The van der Waals surface area contributed by atoms with Crippen LogP contribution in [-0.2, 0) is 0 Å². The summed E-state index contributed by atoms with van der Waals surface area (Å²) in [5, 5.41) is 10.9. The fourth-order valence-corrected chi connectivity index (χ4v) is 2.62. The van der Waals surface area contributed by atoms with Crippen LogP contribution >= 0.6 is 11.3 Å². The Morgan fingerprint density at radius 2 is 2.32 bits per heavy atom. The van der Waals surface area contributed by atoms with Gasteiger partial charge < -0.3 is 15.7 Å². The van der Waals surface area contributed by atoms with E-state index in [2.05, 4.69) is 11.9 Å². The first kappa shape index (κ1) is 13.4. The topological polar surface area (TPSA) is 79.5 Å². The van der Waals surface area contributed by atoms with Crippen molar-refractivity contribution in [2.24, 2.45) is 0 Å². The normalized spacial score (nSPS) is 12.1. The SMILES string of the molecule is CC(c1cccs1)N(C)c1ncc(C(=O)O)cc1N. The van der Waals surface area contributed by atoms with Crippen LogP contribution in [0, 0.1) is 0 Å². The molecule has 0 aliphatic heterocycles. The van der Waals surface area contributed by atoms with E-state index in [9.17, 15) is 4.79 Å². The van der Waals surface area contributed by atoms with Gasteiger partial charge in [-0.25, -0.2) is 9.78 Å². The number of pyridine rings is 1. The van der Waals surface area contributed by atoms with E-state index < -0.39 is 5.97 Å². The summed E-state index contributed by atoms with van der Waals surface area (Å²) in [6, 6.07) is 5.61. The molecule has 0 radical (unpaired) electrons. The molecule has 0 amide bonds. The third-order valence-electron chi connectivity index (χ3n) is 3.01. The first-order valence-electron chi connectivity index (χ1n) is 5.75. The lowest BCUT2D eigenvalue weighted by molar-refractivity contribution is 0.0696. The smallest absolute Gasteiger partial charge is 0.337 e. The van der Waals surface area contributed by atoms with E-state index in [0.29, 0.717) is 11.5 Å². The van der Waals surface area contributed by atoms with Gasteiger partial charge in [0.15, 0.2) is 5.82 Å². The highest BCUT2D eigenvalue weighted by Crippen LogP contribution is 2.30. The summed E-state index contributed by atoms with van der Waals surface area (Å²) in [7, 11) is 1.89. The van der Waals surface area contributed by atoms with Crippen molar-refractivity contribution in [1.82, 2.24) is 4.98 Å². The number of carboxylic acids is 1. The Balaban J connectivity index is 2.29. The first-order chi connectivity index (χ1) is 9.00. The number of nitrogen functional groups attached to an aromatic ring is 1. The number of carboxylic acid groups (broad SMARTS) is 1. The molecule has 5 nitrogen and oxygen atoms in total. The lowest BCUT2D eigenvalue weighted by atomic mass is 10.2. The van der Waals surface area contributed by atoms with Gasteiger partial charge in [-0.15, -0.1) is 11.3 Å². The number of carbonyl (C=O) groups is 1. The van der Waals surface area contributed by atoms with Crippen LogP contribution in [0.2, 0.25) is 0 Å². The van der Waals surface area contributed by atoms with Crippen molar-refractivity contribution in [2.75, 3.05) is 17.7 Å². The van der Waals surface area contributed by atoms with Crippen molar-refractivity contribution in [3.8, 4) is 0 Å². The Morgan fingerprint density at radius 3 is 2.84 bits per heavy atom. The fourth-order valence-electron chi connectivity index (χ4n) is 1.79. The predicted molar refractivity (Wildman–Crippen MR) is 76.7 cm³/mol. The van der Waals surface area contributed by atoms with Crippen molar-refractivity contribution in [2.45, 2.75) is 13.0 Å². The summed E-state index contributed by atoms with van der Waals surface area (Å²) >= 11 is 1.66. The Bertz CT molecular complexity index is 584. The van der Waals surface area contributed by atoms with Crippen LogP contribution in [0.5, 0.6) is 0 Å². The van der Waals surface area contributed by atoms with E-state index in [-0.39, 0.29) is 11.6 Å². The summed E-state index contributed by atoms with van der Waals surface area (Å²) in [5.41, 5.74) is 6.35. The molecule has 2 aromatic rings. The maximum atomic E-state index is 10.8. The maximum Gasteiger partial charge on any atom is 0.337 e. The summed E-state index contributed by atoms with van der Waals surface area (Å²) in [6.07, 6.45) is 1.33. The van der Waals surface area contributed by atoms with Gasteiger partial charge >= 0.3 is 5.97 Å². The zero-order valence-corrected chi connectivity index (χ0v) is 11.5. The second kappa shape index (κ2) is 5.27. The second-order valence-corrected chi connectivity index (χ2v) is 5.22. The van der Waals surface area contributed by atoms with Gasteiger partial charge in [-0.3, -0.25) is 0 Å². The summed E-state index contributed by atoms with van der Waals surface area (Å²) in [4.78, 5) is 18.1. The van der Waals surface area contributed by atoms with Gasteiger partial charge in [0.1, 0.15) is 0 Å². The molecule has 0 aliphatic rings. The molecule has 1 atom stereocenters. The van der Waals surface area contributed by atoms with E-state index in [4.69, 9.17) is 10.8 Å². The molecular formula is C13H15N3O2S. The third-order valence-corrected chi connectivity index (χ3v) is 4.05. The Labute approximate surface area is 115 Å². The molecule has 2 aromatic heterocycles. The van der Waals surface area contributed by atoms with Crippen LogP contribution < -0.4 is 10.6 Å². The molecule has 3 N–H and O–H groups in total. The molecule has 0 saturated carbocycles. The molecule has 1 unspecified atom stereocenters. The minimum Gasteiger partial charge on any atom is -0.478 e. The second-order valence-electron chi connectivity index (χ2n) is 4.24. The molecule has 6 heteroatoms. The van der Waals surface area contributed by atoms with E-state index in [1.165, 1.54) is 17.1 Å². The monoisotopic (exact) mass is 277 g/mol. The average molecular weight is 277 g/mol. The standard InChI is InChI=1S/C13H15N3O2S/c1-8(11-4-3-5-19-11)16(2)12-10(14)6-9(7-15-12)13(17)18/h3-8H,14H2,1-2H3,(H,17,18). The van der Waals surface area contributed by atoms with Gasteiger partial charge in [0, 0.05) is 18.1 Å². The van der Waals surface area contributed by atoms with E-state index in [0.717, 1.165) is 0 Å². The number of hydrogen-bond donors (Lipinski definition) is 2. The molecule has 0 aromatic carbocycles. The number of anilines is 2. The minimum absolute atomic E-state index is 0.0958. The Kier molecular flexibility index (Phi) is 3.71. The van der Waals surface area contributed by atoms with E-state index >= 15 is 0 Å². The summed E-state index contributed by atoms with van der Waals surface area (Å²) in [6.45, 7) is 2.05. The number of nitrogens with zero attached hydrogens (tertiary/aromatic N) is 2. The summed E-state index contributed by atoms with van der Waals surface area (Å²) < 4.78 is 0. The zero-order valence-electron chi connectivity index (χ0n) is 10.7. The quantitative estimate of drug-likeness (QED) is 0.898. The van der Waals surface area contributed by atoms with Crippen LogP contribution in [0.1, 0.15) is 28.2 Å². The number of nitrogens with two attached hydrogens (primary N) is 1. The van der Waals surface area contributed by atoms with Gasteiger partial charge in [0.2, 0.25) is 0 Å². The average Bonchev–Trinajstić information content (AvgIpc) is 2.90. The van der Waals surface area contributed by atoms with Crippen molar-refractivity contribution >= 4 is 28.8 Å². The van der Waals surface area contributed by atoms with Crippen LogP contribution in [0.15, 0.2) is 29.8 Å². The van der Waals surface area contributed by atoms with Gasteiger partial charge in [0.25, 0.3) is 0 Å². The molecule has 2 heterocycles. The molecule has 0 bridgehead atoms. The van der Waals surface area contributed by atoms with E-state index in [1.807, 2.05) is 29.5 Å². The Hall–Kier alpha value is -2.08. The van der Waals surface area contributed by atoms with Gasteiger partial charge in [-0.05, 0) is 24.4 Å². The lowest BCUT2D eigenvalue weighted by Crippen LogP contribution is -2.23. The van der Waals surface area contributed by atoms with Crippen LogP contribution in [0.25, 0.3) is 0 Å². The number of aromatic carboxylic acids is 1. The van der Waals surface area contributed by atoms with Crippen LogP contribution in [0.3, 0.4) is 0 Å². The highest BCUT2D eigenvalue weighted by Gasteiger charge is 2.17. The van der Waals surface area contributed by atoms with Gasteiger partial charge in [-0.1, -0.05) is 6.07 Å². The molecule has 0 aliphatic carbocycles. The zero-order chi connectivity index (χ0) is 14.0. The molecule has 2 rings (SSSR count). The Morgan fingerprint density at radius 1 is 1.58 bits per heavy atom. The maximum absolute atomic E-state index is 10.8. The largest absolute Gasteiger partial charge is 0.478 e. The molecule has 0 saturated heterocycles. The lowest BCUT2D eigenvalue weighted by Gasteiger charge is -2.26. The fraction of sp³-hybridized carbons (Fsp3) is 0.231. The number of aromatic nitrogens is 1. The minimum atomic E-state index is -1.03. The van der Waals surface area contributed by atoms with Crippen molar-refractivity contribution in [3.05, 3.63) is 40.2 Å². The first-order valence-corrected chi connectivity index (χ1v) is 6.63. The third kappa shape index (κ3) is 2.68. The van der Waals surface area contributed by atoms with Crippen LogP contribution in [0.4, 0.5) is 11.5 Å². The molecular weight excluding hydrogens is 262 g/mol. The number of thiophene rings is 1. The summed E-state index contributed by atoms with van der Waals surface area (Å²) in [5.74, 6) is -0.439. The van der Waals surface area contributed by atoms with Crippen molar-refractivity contribution in [3.63, 3.8) is 0 Å². The number of rotatable bonds is 4. The van der Waals surface area contributed by atoms with E-state index in [1.54, 1.807) is 11.3 Å². The number of hydrogen-bond acceptors (Lipinski definition) is 5. The van der Waals surface area contributed by atoms with Crippen molar-refractivity contribution < 1.29 is 9.90 Å². The predicted octanol–water partition coefficient (Wildman–Crippen LogP) is 2.62. The highest BCUT2D eigenvalue weighted by atomic mass is 32.1. The van der Waals surface area contributed by atoms with Gasteiger partial charge in [-0.2, -0.15) is 0 Å². The molecule has 100 valence electrons. The van der Waals surface area contributed by atoms with Gasteiger partial charge in [0.05, 0.1) is 17.3 Å².